The van der Waals surface area contributed by atoms with Gasteiger partial charge in [0.05, 0.1) is 11.9 Å². The number of hydrogen-bond acceptors (Lipinski definition) is 6. The van der Waals surface area contributed by atoms with E-state index in [9.17, 15) is 9.59 Å². The highest BCUT2D eigenvalue weighted by molar-refractivity contribution is 5.87. The zero-order valence-electron chi connectivity index (χ0n) is 14.2. The van der Waals surface area contributed by atoms with E-state index in [0.717, 1.165) is 17.0 Å². The van der Waals surface area contributed by atoms with Gasteiger partial charge in [0.25, 0.3) is 0 Å². The summed E-state index contributed by atoms with van der Waals surface area (Å²) in [6.45, 7) is 4.14. The van der Waals surface area contributed by atoms with Crippen molar-refractivity contribution in [2.45, 2.75) is 26.8 Å². The van der Waals surface area contributed by atoms with Gasteiger partial charge in [0, 0.05) is 26.2 Å². The molecule has 0 spiro atoms. The van der Waals surface area contributed by atoms with E-state index >= 15 is 0 Å². The average Bonchev–Trinajstić information content (AvgIpc) is 3.07. The van der Waals surface area contributed by atoms with E-state index in [-0.39, 0.29) is 24.3 Å². The van der Waals surface area contributed by atoms with Crippen LogP contribution in [0.2, 0.25) is 0 Å². The van der Waals surface area contributed by atoms with Gasteiger partial charge in [-0.15, -0.1) is 5.10 Å². The predicted octanol–water partition coefficient (Wildman–Crippen LogP) is 0.335. The maximum Gasteiger partial charge on any atom is 0.322 e. The fourth-order valence-corrected chi connectivity index (χ4v) is 2.02. The molecule has 0 aliphatic rings. The van der Waals surface area contributed by atoms with Gasteiger partial charge in [0.2, 0.25) is 5.91 Å². The third-order valence-electron chi connectivity index (χ3n) is 3.34. The number of rotatable bonds is 6. The maximum atomic E-state index is 11.9. The summed E-state index contributed by atoms with van der Waals surface area (Å²) in [5.74, 6) is 0.830. The molecule has 0 bridgehead atoms. The summed E-state index contributed by atoms with van der Waals surface area (Å²) in [6, 6.07) is -0.314. The van der Waals surface area contributed by atoms with Crippen LogP contribution in [0, 0.1) is 13.8 Å². The number of amides is 3. The Morgan fingerprint density at radius 3 is 2.71 bits per heavy atom. The number of urea groups is 1. The summed E-state index contributed by atoms with van der Waals surface area (Å²) in [7, 11) is 3.23. The predicted molar refractivity (Wildman–Crippen MR) is 85.4 cm³/mol. The Morgan fingerprint density at radius 1 is 1.33 bits per heavy atom. The Kier molecular flexibility index (Phi) is 5.51. The smallest absolute Gasteiger partial charge is 0.322 e. The SMILES string of the molecule is Cc1noc(C)c1CCNC(=O)Cn1ncc(NC(=O)N(C)C)n1. The third-order valence-corrected chi connectivity index (χ3v) is 3.34. The van der Waals surface area contributed by atoms with Crippen molar-refractivity contribution in [3.63, 3.8) is 0 Å². The molecule has 0 radical (unpaired) electrons. The minimum atomic E-state index is -0.314. The summed E-state index contributed by atoms with van der Waals surface area (Å²) in [5.41, 5.74) is 1.83. The molecule has 0 atom stereocenters. The van der Waals surface area contributed by atoms with Gasteiger partial charge in [0.15, 0.2) is 5.82 Å². The number of nitrogens with zero attached hydrogens (tertiary/aromatic N) is 5. The molecule has 10 nitrogen and oxygen atoms in total. The molecule has 0 saturated heterocycles. The van der Waals surface area contributed by atoms with Crippen LogP contribution in [0.4, 0.5) is 10.6 Å². The number of carbonyl (C=O) groups is 2. The molecule has 10 heteroatoms. The maximum absolute atomic E-state index is 11.9. The molecule has 3 amide bonds. The zero-order chi connectivity index (χ0) is 17.7. The van der Waals surface area contributed by atoms with Crippen LogP contribution >= 0.6 is 0 Å². The highest BCUT2D eigenvalue weighted by atomic mass is 16.5. The molecule has 2 N–H and O–H groups in total. The van der Waals surface area contributed by atoms with Crippen LogP contribution in [0.5, 0.6) is 0 Å². The topological polar surface area (TPSA) is 118 Å². The Labute approximate surface area is 139 Å². The molecule has 0 aliphatic heterocycles. The van der Waals surface area contributed by atoms with Gasteiger partial charge in [-0.1, -0.05) is 5.16 Å². The van der Waals surface area contributed by atoms with Gasteiger partial charge in [-0.05, 0) is 20.3 Å². The lowest BCUT2D eigenvalue weighted by Crippen LogP contribution is -2.30. The second-order valence-corrected chi connectivity index (χ2v) is 5.49. The van der Waals surface area contributed by atoms with Crippen molar-refractivity contribution in [3.05, 3.63) is 23.2 Å². The van der Waals surface area contributed by atoms with Crippen LogP contribution in [0.3, 0.4) is 0 Å². The number of nitrogens with one attached hydrogen (secondary N) is 2. The number of hydrogen-bond donors (Lipinski definition) is 2. The lowest BCUT2D eigenvalue weighted by Gasteiger charge is -2.09. The lowest BCUT2D eigenvalue weighted by molar-refractivity contribution is -0.122. The summed E-state index contributed by atoms with van der Waals surface area (Å²) in [6.07, 6.45) is 2.03. The molecule has 2 aromatic rings. The summed E-state index contributed by atoms with van der Waals surface area (Å²) >= 11 is 0. The molecular formula is C14H21N7O3. The number of aromatic nitrogens is 4. The first kappa shape index (κ1) is 17.4. The molecule has 0 fully saturated rings. The minimum Gasteiger partial charge on any atom is -0.361 e. The van der Waals surface area contributed by atoms with E-state index in [4.69, 9.17) is 4.52 Å². The molecule has 0 unspecified atom stereocenters. The van der Waals surface area contributed by atoms with Crippen molar-refractivity contribution >= 4 is 17.8 Å². The molecule has 0 saturated carbocycles. The zero-order valence-corrected chi connectivity index (χ0v) is 14.2. The minimum absolute atomic E-state index is 0.0283. The molecule has 0 aromatic carbocycles. The van der Waals surface area contributed by atoms with Crippen LogP contribution in [-0.4, -0.2) is 57.6 Å². The first-order valence-corrected chi connectivity index (χ1v) is 7.43. The average molecular weight is 335 g/mol. The molecule has 2 rings (SSSR count). The van der Waals surface area contributed by atoms with Gasteiger partial charge in [-0.25, -0.2) is 4.79 Å². The van der Waals surface area contributed by atoms with E-state index in [1.54, 1.807) is 14.1 Å². The molecule has 2 aromatic heterocycles. The Balaban J connectivity index is 1.78. The van der Waals surface area contributed by atoms with Crippen LogP contribution < -0.4 is 10.6 Å². The Bertz CT molecular complexity index is 700. The highest BCUT2D eigenvalue weighted by Gasteiger charge is 2.11. The van der Waals surface area contributed by atoms with E-state index in [0.29, 0.717) is 13.0 Å². The van der Waals surface area contributed by atoms with Crippen molar-refractivity contribution in [2.24, 2.45) is 0 Å². The Morgan fingerprint density at radius 2 is 2.08 bits per heavy atom. The molecule has 0 aliphatic carbocycles. The number of aryl methyl sites for hydroxylation is 2. The van der Waals surface area contributed by atoms with E-state index in [2.05, 4.69) is 26.0 Å². The quantitative estimate of drug-likeness (QED) is 0.785. The second kappa shape index (κ2) is 7.57. The summed E-state index contributed by atoms with van der Waals surface area (Å²) in [5, 5.41) is 17.2. The van der Waals surface area contributed by atoms with Crippen molar-refractivity contribution in [1.82, 2.24) is 30.4 Å². The van der Waals surface area contributed by atoms with Gasteiger partial charge in [-0.3, -0.25) is 10.1 Å². The Hall–Kier alpha value is -2.91. The van der Waals surface area contributed by atoms with Crippen molar-refractivity contribution in [3.8, 4) is 0 Å². The highest BCUT2D eigenvalue weighted by Crippen LogP contribution is 2.12. The van der Waals surface area contributed by atoms with Crippen LogP contribution in [0.25, 0.3) is 0 Å². The standard InChI is InChI=1S/C14H21N7O3/c1-9-11(10(2)24-19-9)5-6-15-13(22)8-21-16-7-12(18-21)17-14(23)20(3)4/h7H,5-6,8H2,1-4H3,(H,15,22)(H,17,18,23). The third kappa shape index (κ3) is 4.54. The summed E-state index contributed by atoms with van der Waals surface area (Å²) in [4.78, 5) is 26.0. The molecule has 24 heavy (non-hydrogen) atoms. The van der Waals surface area contributed by atoms with Crippen LogP contribution in [-0.2, 0) is 17.8 Å². The number of carbonyl (C=O) groups excluding carboxylic acids is 2. The summed E-state index contributed by atoms with van der Waals surface area (Å²) < 4.78 is 5.07. The first-order chi connectivity index (χ1) is 11.4. The van der Waals surface area contributed by atoms with Crippen molar-refractivity contribution in [2.75, 3.05) is 26.0 Å². The van der Waals surface area contributed by atoms with Gasteiger partial charge >= 0.3 is 6.03 Å². The van der Waals surface area contributed by atoms with Crippen LogP contribution in [0.15, 0.2) is 10.7 Å². The van der Waals surface area contributed by atoms with Gasteiger partial charge in [0.1, 0.15) is 12.3 Å². The van der Waals surface area contributed by atoms with E-state index in [1.165, 1.54) is 15.9 Å². The van der Waals surface area contributed by atoms with E-state index in [1.807, 2.05) is 13.8 Å². The first-order valence-electron chi connectivity index (χ1n) is 7.43. The largest absolute Gasteiger partial charge is 0.361 e. The fraction of sp³-hybridized carbons (Fsp3) is 0.500. The monoisotopic (exact) mass is 335 g/mol. The molecular weight excluding hydrogens is 314 g/mol. The normalized spacial score (nSPS) is 10.5. The molecule has 2 heterocycles. The fourth-order valence-electron chi connectivity index (χ4n) is 2.02. The van der Waals surface area contributed by atoms with Crippen LogP contribution in [0.1, 0.15) is 17.0 Å². The van der Waals surface area contributed by atoms with Gasteiger partial charge in [-0.2, -0.15) is 9.90 Å². The lowest BCUT2D eigenvalue weighted by atomic mass is 10.1. The number of anilines is 1. The van der Waals surface area contributed by atoms with Crippen molar-refractivity contribution < 1.29 is 14.1 Å². The van der Waals surface area contributed by atoms with E-state index < -0.39 is 0 Å². The van der Waals surface area contributed by atoms with Gasteiger partial charge < -0.3 is 14.7 Å². The second-order valence-electron chi connectivity index (χ2n) is 5.49. The van der Waals surface area contributed by atoms with Crippen molar-refractivity contribution in [1.29, 1.82) is 0 Å². The molecule has 130 valence electrons.